The van der Waals surface area contributed by atoms with E-state index >= 15 is 0 Å². The van der Waals surface area contributed by atoms with Gasteiger partial charge in [-0.2, -0.15) is 11.8 Å². The Hall–Kier alpha value is -0.950. The number of carbonyl (C=O) groups excluding carboxylic acids is 1. The van der Waals surface area contributed by atoms with Crippen LogP contribution in [0.4, 0.5) is 4.79 Å². The number of thioether (sulfide) groups is 1. The fourth-order valence-corrected chi connectivity index (χ4v) is 4.27. The van der Waals surface area contributed by atoms with Gasteiger partial charge in [-0.15, -0.1) is 0 Å². The summed E-state index contributed by atoms with van der Waals surface area (Å²) in [6, 6.07) is 0.519. The van der Waals surface area contributed by atoms with E-state index in [2.05, 4.69) is 12.2 Å². The van der Waals surface area contributed by atoms with Gasteiger partial charge < -0.3 is 15.3 Å². The van der Waals surface area contributed by atoms with E-state index in [4.69, 9.17) is 5.11 Å². The van der Waals surface area contributed by atoms with Crippen molar-refractivity contribution in [3.63, 3.8) is 0 Å². The van der Waals surface area contributed by atoms with Gasteiger partial charge in [0.05, 0.1) is 6.54 Å². The first-order valence-electron chi connectivity index (χ1n) is 8.16. The molecule has 1 saturated carbocycles. The molecule has 0 aromatic carbocycles. The topological polar surface area (TPSA) is 72.9 Å². The number of likely N-dealkylation sites (N-methyl/N-ethyl adjacent to an activating group) is 1. The van der Waals surface area contributed by atoms with Crippen LogP contribution in [0.1, 0.15) is 33.1 Å². The minimum atomic E-state index is -0.786. The summed E-state index contributed by atoms with van der Waals surface area (Å²) >= 11 is 1.95. The lowest BCUT2D eigenvalue weighted by Crippen LogP contribution is -2.57. The summed E-state index contributed by atoms with van der Waals surface area (Å²) in [5, 5.41) is 12.5. The van der Waals surface area contributed by atoms with Crippen molar-refractivity contribution in [2.75, 3.05) is 31.9 Å². The van der Waals surface area contributed by atoms with Gasteiger partial charge >= 0.3 is 12.0 Å². The van der Waals surface area contributed by atoms with Crippen LogP contribution >= 0.6 is 11.8 Å². The SMILES string of the molecule is CCC1CN(C(=O)NC2CC(N(CC)CC(=O)O)C2)CCS1. The molecular formula is C15H27N3O3S. The molecule has 126 valence electrons. The first kappa shape index (κ1) is 17.4. The van der Waals surface area contributed by atoms with E-state index in [9.17, 15) is 9.59 Å². The van der Waals surface area contributed by atoms with E-state index in [1.807, 2.05) is 28.5 Å². The van der Waals surface area contributed by atoms with Crippen LogP contribution in [-0.4, -0.2) is 76.2 Å². The zero-order chi connectivity index (χ0) is 16.1. The molecule has 0 spiro atoms. The summed E-state index contributed by atoms with van der Waals surface area (Å²) in [4.78, 5) is 27.0. The quantitative estimate of drug-likeness (QED) is 0.772. The average molecular weight is 329 g/mol. The number of amides is 2. The highest BCUT2D eigenvalue weighted by molar-refractivity contribution is 8.00. The fraction of sp³-hybridized carbons (Fsp3) is 0.867. The predicted octanol–water partition coefficient (Wildman–Crippen LogP) is 1.46. The maximum Gasteiger partial charge on any atom is 0.317 e. The molecule has 1 saturated heterocycles. The number of carboxylic acid groups (broad SMARTS) is 1. The van der Waals surface area contributed by atoms with Crippen LogP contribution < -0.4 is 5.32 Å². The number of aliphatic carboxylic acids is 1. The third-order valence-electron chi connectivity index (χ3n) is 4.58. The molecule has 22 heavy (non-hydrogen) atoms. The molecule has 1 aliphatic carbocycles. The molecule has 6 nitrogen and oxygen atoms in total. The fourth-order valence-electron chi connectivity index (χ4n) is 3.09. The van der Waals surface area contributed by atoms with E-state index in [1.165, 1.54) is 0 Å². The number of carboxylic acids is 1. The smallest absolute Gasteiger partial charge is 0.317 e. The van der Waals surface area contributed by atoms with Crippen molar-refractivity contribution >= 4 is 23.8 Å². The van der Waals surface area contributed by atoms with Crippen molar-refractivity contribution in [3.05, 3.63) is 0 Å². The molecule has 1 aliphatic heterocycles. The number of nitrogens with zero attached hydrogens (tertiary/aromatic N) is 2. The average Bonchev–Trinajstić information content (AvgIpc) is 2.48. The van der Waals surface area contributed by atoms with Crippen molar-refractivity contribution in [1.29, 1.82) is 0 Å². The number of hydrogen-bond donors (Lipinski definition) is 2. The van der Waals surface area contributed by atoms with Crippen molar-refractivity contribution in [2.45, 2.75) is 50.4 Å². The Bertz CT molecular complexity index is 401. The summed E-state index contributed by atoms with van der Waals surface area (Å²) in [5.41, 5.74) is 0. The highest BCUT2D eigenvalue weighted by Crippen LogP contribution is 2.26. The molecule has 1 heterocycles. The minimum absolute atomic E-state index is 0.0449. The summed E-state index contributed by atoms with van der Waals surface area (Å²) in [5.74, 6) is 0.229. The van der Waals surface area contributed by atoms with Gasteiger partial charge in [0.2, 0.25) is 0 Å². The molecule has 2 rings (SSSR count). The molecule has 0 aromatic rings. The normalized spacial score (nSPS) is 28.3. The zero-order valence-corrected chi connectivity index (χ0v) is 14.3. The lowest BCUT2D eigenvalue weighted by Gasteiger charge is -2.43. The van der Waals surface area contributed by atoms with E-state index in [-0.39, 0.29) is 24.7 Å². The van der Waals surface area contributed by atoms with Crippen LogP contribution in [0.15, 0.2) is 0 Å². The Morgan fingerprint density at radius 3 is 2.68 bits per heavy atom. The van der Waals surface area contributed by atoms with Crippen LogP contribution in [0.25, 0.3) is 0 Å². The first-order valence-corrected chi connectivity index (χ1v) is 9.21. The van der Waals surface area contributed by atoms with Gasteiger partial charge in [-0.05, 0) is 25.8 Å². The second-order valence-electron chi connectivity index (χ2n) is 6.08. The molecule has 1 unspecified atom stereocenters. The number of rotatable bonds is 6. The lowest BCUT2D eigenvalue weighted by molar-refractivity contribution is -0.139. The van der Waals surface area contributed by atoms with Crippen molar-refractivity contribution in [2.24, 2.45) is 0 Å². The maximum atomic E-state index is 12.3. The molecule has 2 amide bonds. The van der Waals surface area contributed by atoms with E-state index in [0.29, 0.717) is 5.25 Å². The van der Waals surface area contributed by atoms with Crippen LogP contribution in [0, 0.1) is 0 Å². The number of nitrogens with one attached hydrogen (secondary N) is 1. The Morgan fingerprint density at radius 2 is 2.09 bits per heavy atom. The standard InChI is InChI=1S/C15H27N3O3S/c1-3-13-9-18(5-6-22-13)15(21)16-11-7-12(8-11)17(4-2)10-14(19)20/h11-13H,3-10H2,1-2H3,(H,16,21)(H,19,20). The molecule has 0 radical (unpaired) electrons. The second-order valence-corrected chi connectivity index (χ2v) is 7.48. The zero-order valence-electron chi connectivity index (χ0n) is 13.5. The summed E-state index contributed by atoms with van der Waals surface area (Å²) in [7, 11) is 0. The van der Waals surface area contributed by atoms with Gasteiger partial charge in [-0.1, -0.05) is 13.8 Å². The second kappa shape index (κ2) is 8.06. The lowest BCUT2D eigenvalue weighted by atomic mass is 9.85. The highest BCUT2D eigenvalue weighted by atomic mass is 32.2. The Morgan fingerprint density at radius 1 is 1.36 bits per heavy atom. The molecule has 2 N–H and O–H groups in total. The Kier molecular flexibility index (Phi) is 6.37. The number of hydrogen-bond acceptors (Lipinski definition) is 4. The van der Waals surface area contributed by atoms with Gasteiger partial charge in [0.15, 0.2) is 0 Å². The molecular weight excluding hydrogens is 302 g/mol. The van der Waals surface area contributed by atoms with Gasteiger partial charge in [-0.25, -0.2) is 4.79 Å². The molecule has 2 fully saturated rings. The molecule has 0 aromatic heterocycles. The summed E-state index contributed by atoms with van der Waals surface area (Å²) < 4.78 is 0. The van der Waals surface area contributed by atoms with Crippen molar-refractivity contribution in [1.82, 2.24) is 15.1 Å². The van der Waals surface area contributed by atoms with Crippen molar-refractivity contribution in [3.8, 4) is 0 Å². The van der Waals surface area contributed by atoms with Gasteiger partial charge in [0.1, 0.15) is 0 Å². The molecule has 1 atom stereocenters. The summed E-state index contributed by atoms with van der Waals surface area (Å²) in [6.07, 6.45) is 2.81. The Balaban J connectivity index is 1.72. The van der Waals surface area contributed by atoms with Crippen LogP contribution in [0.3, 0.4) is 0 Å². The summed E-state index contributed by atoms with van der Waals surface area (Å²) in [6.45, 7) is 6.62. The van der Waals surface area contributed by atoms with Gasteiger partial charge in [0.25, 0.3) is 0 Å². The monoisotopic (exact) mass is 329 g/mol. The van der Waals surface area contributed by atoms with Crippen LogP contribution in [0.2, 0.25) is 0 Å². The molecule has 7 heteroatoms. The number of urea groups is 1. The van der Waals surface area contributed by atoms with E-state index in [1.54, 1.807) is 0 Å². The van der Waals surface area contributed by atoms with Gasteiger partial charge in [0, 0.05) is 36.2 Å². The van der Waals surface area contributed by atoms with E-state index < -0.39 is 5.97 Å². The van der Waals surface area contributed by atoms with Crippen LogP contribution in [0.5, 0.6) is 0 Å². The minimum Gasteiger partial charge on any atom is -0.480 e. The van der Waals surface area contributed by atoms with Gasteiger partial charge in [-0.3, -0.25) is 9.69 Å². The predicted molar refractivity (Wildman–Crippen MR) is 88.3 cm³/mol. The molecule has 0 bridgehead atoms. The molecule has 2 aliphatic rings. The highest BCUT2D eigenvalue weighted by Gasteiger charge is 2.35. The third kappa shape index (κ3) is 4.52. The third-order valence-corrected chi connectivity index (χ3v) is 5.96. The first-order chi connectivity index (χ1) is 10.5. The van der Waals surface area contributed by atoms with Crippen molar-refractivity contribution < 1.29 is 14.7 Å². The largest absolute Gasteiger partial charge is 0.480 e. The Labute approximate surface area is 136 Å². The van der Waals surface area contributed by atoms with E-state index in [0.717, 1.165) is 44.6 Å². The maximum absolute atomic E-state index is 12.3. The number of carbonyl (C=O) groups is 2. The van der Waals surface area contributed by atoms with Crippen LogP contribution in [-0.2, 0) is 4.79 Å².